The zero-order valence-electron chi connectivity index (χ0n) is 20.6. The van der Waals surface area contributed by atoms with Crippen LogP contribution in [0, 0.1) is 0 Å². The van der Waals surface area contributed by atoms with Crippen molar-refractivity contribution in [2.24, 2.45) is 0 Å². The minimum atomic E-state index is -1.43. The van der Waals surface area contributed by atoms with Gasteiger partial charge in [0, 0.05) is 12.0 Å². The van der Waals surface area contributed by atoms with Gasteiger partial charge in [-0.3, -0.25) is 19.2 Å². The van der Waals surface area contributed by atoms with Crippen molar-refractivity contribution in [1.82, 2.24) is 15.5 Å². The lowest BCUT2D eigenvalue weighted by Gasteiger charge is -2.28. The highest BCUT2D eigenvalue weighted by molar-refractivity contribution is 6.33. The predicted molar refractivity (Wildman–Crippen MR) is 135 cm³/mol. The zero-order valence-corrected chi connectivity index (χ0v) is 21.3. The third kappa shape index (κ3) is 6.40. The Bertz CT molecular complexity index is 1220. The highest BCUT2D eigenvalue weighted by Crippen LogP contribution is 2.24. The van der Waals surface area contributed by atoms with Gasteiger partial charge in [0.05, 0.1) is 30.3 Å². The number of ether oxygens (including phenoxy) is 2. The summed E-state index contributed by atoms with van der Waals surface area (Å²) in [5.41, 5.74) is 7.01. The highest BCUT2D eigenvalue weighted by Gasteiger charge is 2.44. The number of hydrogen-bond donors (Lipinski definition) is 3. The quantitative estimate of drug-likeness (QED) is 0.339. The number of nitrogens with two attached hydrogens (primary N) is 1. The number of hydrogen-bond acceptors (Lipinski definition) is 7. The average molecular weight is 547 g/mol. The summed E-state index contributed by atoms with van der Waals surface area (Å²) in [5, 5.41) is 5.41. The van der Waals surface area contributed by atoms with Gasteiger partial charge in [-0.1, -0.05) is 41.9 Å². The number of carbonyl (C=O) groups excluding carboxylic acids is 4. The van der Waals surface area contributed by atoms with Crippen molar-refractivity contribution in [2.45, 2.75) is 57.0 Å². The van der Waals surface area contributed by atoms with Crippen LogP contribution in [0.15, 0.2) is 48.5 Å². The normalized spacial score (nSPS) is 23.6. The second-order valence-corrected chi connectivity index (χ2v) is 9.65. The predicted octanol–water partition coefficient (Wildman–Crippen LogP) is 1.95. The summed E-state index contributed by atoms with van der Waals surface area (Å²) in [6.45, 7) is 1.29. The lowest BCUT2D eigenvalue weighted by atomic mass is 10.1. The Balaban J connectivity index is 1.37. The molecule has 5 atom stereocenters. The Morgan fingerprint density at radius 3 is 2.68 bits per heavy atom. The maximum Gasteiger partial charge on any atom is 0.310 e. The van der Waals surface area contributed by atoms with E-state index >= 15 is 0 Å². The average Bonchev–Trinajstić information content (AvgIpc) is 3.45. The molecule has 2 aliphatic heterocycles. The molecule has 0 bridgehead atoms. The number of cyclic esters (lactones) is 1. The molecule has 4 N–H and O–H groups in total. The van der Waals surface area contributed by atoms with Gasteiger partial charge in [-0.25, -0.2) is 4.39 Å². The summed E-state index contributed by atoms with van der Waals surface area (Å²) in [5.74, 6) is -2.39. The summed E-state index contributed by atoms with van der Waals surface area (Å²) in [7, 11) is 0. The molecule has 2 aromatic rings. The number of carbonyl (C=O) groups is 4. The second kappa shape index (κ2) is 11.8. The molecule has 202 valence electrons. The fourth-order valence-corrected chi connectivity index (χ4v) is 4.55. The molecule has 2 saturated heterocycles. The minimum absolute atomic E-state index is 0.123. The maximum atomic E-state index is 14.4. The first kappa shape index (κ1) is 27.3. The molecule has 2 aliphatic rings. The van der Waals surface area contributed by atoms with Crippen LogP contribution >= 0.6 is 11.6 Å². The van der Waals surface area contributed by atoms with Crippen molar-refractivity contribution >= 4 is 41.0 Å². The number of amides is 3. The number of nitrogens with zero attached hydrogens (tertiary/aromatic N) is 1. The minimum Gasteiger partial charge on any atom is -0.433 e. The number of halogens is 2. The second-order valence-electron chi connectivity index (χ2n) is 9.24. The molecule has 12 heteroatoms. The van der Waals surface area contributed by atoms with Crippen molar-refractivity contribution < 1.29 is 33.0 Å². The van der Waals surface area contributed by atoms with Crippen LogP contribution in [0.4, 0.5) is 10.1 Å². The topological polar surface area (TPSA) is 140 Å². The molecule has 10 nitrogen and oxygen atoms in total. The largest absolute Gasteiger partial charge is 0.433 e. The van der Waals surface area contributed by atoms with E-state index in [1.807, 2.05) is 30.3 Å². The highest BCUT2D eigenvalue weighted by atomic mass is 35.5. The number of anilines is 1. The SMILES string of the molecule is C[C@H](NC(=O)c1ccc(N)c(Cl)c1)C(=O)N1CC(F)C[C@H]1C(=O)N[C@H]1CC(=O)O[C@H]1OCc1ccccc1. The van der Waals surface area contributed by atoms with Gasteiger partial charge in [-0.05, 0) is 30.7 Å². The van der Waals surface area contributed by atoms with E-state index in [1.54, 1.807) is 0 Å². The molecular weight excluding hydrogens is 519 g/mol. The fraction of sp³-hybridized carbons (Fsp3) is 0.385. The molecule has 1 unspecified atom stereocenters. The van der Waals surface area contributed by atoms with Crippen LogP contribution in [0.25, 0.3) is 0 Å². The maximum absolute atomic E-state index is 14.4. The van der Waals surface area contributed by atoms with E-state index in [-0.39, 0.29) is 36.6 Å². The van der Waals surface area contributed by atoms with Gasteiger partial charge >= 0.3 is 5.97 Å². The third-order valence-electron chi connectivity index (χ3n) is 6.36. The summed E-state index contributed by atoms with van der Waals surface area (Å²) in [4.78, 5) is 51.8. The van der Waals surface area contributed by atoms with E-state index in [1.165, 1.54) is 25.1 Å². The molecule has 3 amide bonds. The lowest BCUT2D eigenvalue weighted by Crippen LogP contribution is -2.54. The Kier molecular flexibility index (Phi) is 8.48. The van der Waals surface area contributed by atoms with E-state index < -0.39 is 54.3 Å². The van der Waals surface area contributed by atoms with Crippen molar-refractivity contribution in [3.05, 3.63) is 64.7 Å². The standard InChI is InChI=1S/C26H28ClFN4O6/c1-14(30-23(34)16-7-8-19(29)18(27)9-16)25(36)32-12-17(28)10-21(32)24(35)31-20-11-22(33)38-26(20)37-13-15-5-3-2-4-6-15/h2-9,14,17,20-21,26H,10-13,29H2,1H3,(H,30,34)(H,31,35)/t14-,17?,20-,21-,26+/m0/s1. The van der Waals surface area contributed by atoms with E-state index in [2.05, 4.69) is 10.6 Å². The Labute approximate surface area is 223 Å². The van der Waals surface area contributed by atoms with Gasteiger partial charge in [-0.2, -0.15) is 0 Å². The number of nitrogen functional groups attached to an aromatic ring is 1. The third-order valence-corrected chi connectivity index (χ3v) is 6.69. The van der Waals surface area contributed by atoms with Crippen molar-refractivity contribution in [3.8, 4) is 0 Å². The van der Waals surface area contributed by atoms with Crippen LogP contribution in [0.1, 0.15) is 35.7 Å². The van der Waals surface area contributed by atoms with Gasteiger partial charge in [0.1, 0.15) is 24.3 Å². The zero-order chi connectivity index (χ0) is 27.4. The summed E-state index contributed by atoms with van der Waals surface area (Å²) in [6, 6.07) is 10.5. The van der Waals surface area contributed by atoms with Crippen LogP contribution in [0.2, 0.25) is 5.02 Å². The fourth-order valence-electron chi connectivity index (χ4n) is 4.37. The van der Waals surface area contributed by atoms with E-state index in [0.717, 1.165) is 10.5 Å². The first-order chi connectivity index (χ1) is 18.1. The molecule has 2 fully saturated rings. The number of esters is 1. The van der Waals surface area contributed by atoms with Crippen LogP contribution in [0.5, 0.6) is 0 Å². The van der Waals surface area contributed by atoms with E-state index in [4.69, 9.17) is 26.8 Å². The Morgan fingerprint density at radius 2 is 1.97 bits per heavy atom. The van der Waals surface area contributed by atoms with Gasteiger partial charge in [-0.15, -0.1) is 0 Å². The number of benzene rings is 2. The number of alkyl halides is 1. The molecule has 38 heavy (non-hydrogen) atoms. The molecule has 0 spiro atoms. The van der Waals surface area contributed by atoms with Crippen molar-refractivity contribution in [3.63, 3.8) is 0 Å². The molecule has 0 saturated carbocycles. The summed E-state index contributed by atoms with van der Waals surface area (Å²) < 4.78 is 25.3. The summed E-state index contributed by atoms with van der Waals surface area (Å²) >= 11 is 5.97. The van der Waals surface area contributed by atoms with Crippen LogP contribution < -0.4 is 16.4 Å². The first-order valence-electron chi connectivity index (χ1n) is 12.1. The number of rotatable bonds is 8. The molecule has 2 aromatic carbocycles. The Hall–Kier alpha value is -3.70. The van der Waals surface area contributed by atoms with Gasteiger partial charge < -0.3 is 30.7 Å². The first-order valence-corrected chi connectivity index (χ1v) is 12.5. The molecule has 2 heterocycles. The van der Waals surface area contributed by atoms with E-state index in [9.17, 15) is 23.6 Å². The smallest absolute Gasteiger partial charge is 0.310 e. The monoisotopic (exact) mass is 546 g/mol. The molecule has 0 aliphatic carbocycles. The van der Waals surface area contributed by atoms with Gasteiger partial charge in [0.15, 0.2) is 0 Å². The van der Waals surface area contributed by atoms with Gasteiger partial charge in [0.25, 0.3) is 5.91 Å². The molecule has 4 rings (SSSR count). The lowest BCUT2D eigenvalue weighted by molar-refractivity contribution is -0.168. The molecular formula is C26H28ClFN4O6. The molecule has 0 aromatic heterocycles. The molecule has 0 radical (unpaired) electrons. The Morgan fingerprint density at radius 1 is 1.24 bits per heavy atom. The number of nitrogens with one attached hydrogen (secondary N) is 2. The number of likely N-dealkylation sites (tertiary alicyclic amines) is 1. The van der Waals surface area contributed by atoms with Crippen molar-refractivity contribution in [1.29, 1.82) is 0 Å². The summed E-state index contributed by atoms with van der Waals surface area (Å²) in [6.07, 6.45) is -2.80. The van der Waals surface area contributed by atoms with Crippen LogP contribution in [-0.2, 0) is 30.5 Å². The van der Waals surface area contributed by atoms with E-state index in [0.29, 0.717) is 5.69 Å². The van der Waals surface area contributed by atoms with Crippen molar-refractivity contribution in [2.75, 3.05) is 12.3 Å². The van der Waals surface area contributed by atoms with Crippen LogP contribution in [0.3, 0.4) is 0 Å². The van der Waals surface area contributed by atoms with Gasteiger partial charge in [0.2, 0.25) is 18.1 Å². The van der Waals surface area contributed by atoms with Crippen LogP contribution in [-0.4, -0.2) is 65.7 Å².